The normalized spacial score (nSPS) is 23.3. The van der Waals surface area contributed by atoms with E-state index in [2.05, 4.69) is 17.0 Å². The van der Waals surface area contributed by atoms with E-state index in [4.69, 9.17) is 10.3 Å². The highest BCUT2D eigenvalue weighted by molar-refractivity contribution is 5.56. The molecule has 0 bridgehead atoms. The number of hydrogen-bond donors (Lipinski definition) is 1. The van der Waals surface area contributed by atoms with Gasteiger partial charge in [-0.15, -0.1) is 0 Å². The predicted octanol–water partition coefficient (Wildman–Crippen LogP) is 2.90. The molecule has 1 saturated heterocycles. The average Bonchev–Trinajstić information content (AvgIpc) is 2.98. The Bertz CT molecular complexity index is 566. The lowest BCUT2D eigenvalue weighted by Gasteiger charge is -2.36. The summed E-state index contributed by atoms with van der Waals surface area (Å²) in [7, 11) is 0. The number of likely N-dealkylation sites (tertiary alicyclic amines) is 1. The highest BCUT2D eigenvalue weighted by atomic mass is 16.5. The quantitative estimate of drug-likeness (QED) is 0.938. The van der Waals surface area contributed by atoms with Crippen molar-refractivity contribution >= 4 is 0 Å². The first-order valence-corrected chi connectivity index (χ1v) is 7.75. The summed E-state index contributed by atoms with van der Waals surface area (Å²) in [5.41, 5.74) is 8.24. The largest absolute Gasteiger partial charge is 0.356 e. The standard InChI is InChI=1S/C17H23N3O/c1-2-13-11-20(9-8-16(13)18)12-15-10-17(21-19-15)14-6-4-3-5-7-14/h3-7,10,13,16H,2,8-9,11-12,18H2,1H3. The number of nitrogens with zero attached hydrogens (tertiary/aromatic N) is 2. The fourth-order valence-corrected chi connectivity index (χ4v) is 3.06. The van der Waals surface area contributed by atoms with Gasteiger partial charge in [-0.3, -0.25) is 4.90 Å². The van der Waals surface area contributed by atoms with E-state index in [0.29, 0.717) is 12.0 Å². The van der Waals surface area contributed by atoms with Gasteiger partial charge in [0.05, 0.1) is 5.69 Å². The van der Waals surface area contributed by atoms with Crippen molar-refractivity contribution in [1.82, 2.24) is 10.1 Å². The molecule has 0 spiro atoms. The van der Waals surface area contributed by atoms with Crippen molar-refractivity contribution in [3.8, 4) is 11.3 Å². The Labute approximate surface area is 125 Å². The molecule has 2 N–H and O–H groups in total. The molecule has 112 valence electrons. The Morgan fingerprint density at radius 2 is 2.14 bits per heavy atom. The molecule has 0 radical (unpaired) electrons. The molecule has 2 heterocycles. The SMILES string of the molecule is CCC1CN(Cc2cc(-c3ccccc3)on2)CCC1N. The van der Waals surface area contributed by atoms with Crippen LogP contribution in [0.1, 0.15) is 25.5 Å². The summed E-state index contributed by atoms with van der Waals surface area (Å²) in [6, 6.07) is 12.5. The predicted molar refractivity (Wildman–Crippen MR) is 83.6 cm³/mol. The van der Waals surface area contributed by atoms with Crippen LogP contribution in [0.15, 0.2) is 40.9 Å². The van der Waals surface area contributed by atoms with E-state index in [1.807, 2.05) is 36.4 Å². The Morgan fingerprint density at radius 3 is 2.90 bits per heavy atom. The average molecular weight is 285 g/mol. The zero-order chi connectivity index (χ0) is 14.7. The lowest BCUT2D eigenvalue weighted by molar-refractivity contribution is 0.142. The van der Waals surface area contributed by atoms with E-state index < -0.39 is 0 Å². The van der Waals surface area contributed by atoms with Crippen molar-refractivity contribution in [2.45, 2.75) is 32.4 Å². The molecule has 1 aromatic heterocycles. The number of nitrogens with two attached hydrogens (primary N) is 1. The molecule has 1 aliphatic heterocycles. The van der Waals surface area contributed by atoms with Crippen LogP contribution in [-0.2, 0) is 6.54 Å². The van der Waals surface area contributed by atoms with E-state index >= 15 is 0 Å². The molecule has 0 aliphatic carbocycles. The van der Waals surface area contributed by atoms with E-state index in [9.17, 15) is 0 Å². The summed E-state index contributed by atoms with van der Waals surface area (Å²) in [5.74, 6) is 1.44. The molecule has 1 aliphatic rings. The molecular weight excluding hydrogens is 262 g/mol. The molecule has 1 aromatic carbocycles. The van der Waals surface area contributed by atoms with Gasteiger partial charge in [0.25, 0.3) is 0 Å². The minimum Gasteiger partial charge on any atom is -0.356 e. The number of benzene rings is 1. The summed E-state index contributed by atoms with van der Waals surface area (Å²) < 4.78 is 5.47. The minimum atomic E-state index is 0.350. The number of rotatable bonds is 4. The lowest BCUT2D eigenvalue weighted by atomic mass is 9.90. The van der Waals surface area contributed by atoms with E-state index in [1.54, 1.807) is 0 Å². The van der Waals surface area contributed by atoms with Crippen LogP contribution in [0.3, 0.4) is 0 Å². The molecule has 1 fully saturated rings. The second kappa shape index (κ2) is 6.41. The first-order valence-electron chi connectivity index (χ1n) is 7.75. The van der Waals surface area contributed by atoms with Gasteiger partial charge in [-0.2, -0.15) is 0 Å². The van der Waals surface area contributed by atoms with Crippen molar-refractivity contribution in [2.75, 3.05) is 13.1 Å². The van der Waals surface area contributed by atoms with E-state index in [-0.39, 0.29) is 0 Å². The van der Waals surface area contributed by atoms with Crippen LogP contribution in [0.5, 0.6) is 0 Å². The Hall–Kier alpha value is -1.65. The smallest absolute Gasteiger partial charge is 0.167 e. The topological polar surface area (TPSA) is 55.3 Å². The van der Waals surface area contributed by atoms with Crippen molar-refractivity contribution in [1.29, 1.82) is 0 Å². The maximum atomic E-state index is 6.16. The maximum absolute atomic E-state index is 6.16. The molecule has 21 heavy (non-hydrogen) atoms. The third-order valence-corrected chi connectivity index (χ3v) is 4.40. The Balaban J connectivity index is 1.65. The Morgan fingerprint density at radius 1 is 1.33 bits per heavy atom. The van der Waals surface area contributed by atoms with Gasteiger partial charge in [0.1, 0.15) is 0 Å². The molecule has 2 aromatic rings. The summed E-state index contributed by atoms with van der Waals surface area (Å²) in [6.45, 7) is 5.17. The highest BCUT2D eigenvalue weighted by Gasteiger charge is 2.25. The highest BCUT2D eigenvalue weighted by Crippen LogP contribution is 2.23. The first kappa shape index (κ1) is 14.3. The van der Waals surface area contributed by atoms with Gasteiger partial charge in [0.2, 0.25) is 0 Å². The van der Waals surface area contributed by atoms with Gasteiger partial charge in [-0.1, -0.05) is 48.8 Å². The minimum absolute atomic E-state index is 0.350. The molecule has 3 rings (SSSR count). The summed E-state index contributed by atoms with van der Waals surface area (Å²) in [5, 5.41) is 4.21. The number of hydrogen-bond acceptors (Lipinski definition) is 4. The summed E-state index contributed by atoms with van der Waals surface area (Å²) in [6.07, 6.45) is 2.22. The molecule has 0 amide bonds. The van der Waals surface area contributed by atoms with Crippen molar-refractivity contribution < 1.29 is 4.52 Å². The van der Waals surface area contributed by atoms with Crippen LogP contribution in [-0.4, -0.2) is 29.2 Å². The summed E-state index contributed by atoms with van der Waals surface area (Å²) in [4.78, 5) is 2.43. The van der Waals surface area contributed by atoms with Crippen LogP contribution in [0.2, 0.25) is 0 Å². The monoisotopic (exact) mass is 285 g/mol. The molecular formula is C17H23N3O. The maximum Gasteiger partial charge on any atom is 0.167 e. The van der Waals surface area contributed by atoms with Crippen molar-refractivity contribution in [3.63, 3.8) is 0 Å². The fraction of sp³-hybridized carbons (Fsp3) is 0.471. The van der Waals surface area contributed by atoms with Crippen LogP contribution in [0.4, 0.5) is 0 Å². The van der Waals surface area contributed by atoms with Crippen molar-refractivity contribution in [3.05, 3.63) is 42.1 Å². The molecule has 2 atom stereocenters. The number of aromatic nitrogens is 1. The van der Waals surface area contributed by atoms with Gasteiger partial charge >= 0.3 is 0 Å². The molecule has 2 unspecified atom stereocenters. The number of piperidine rings is 1. The van der Waals surface area contributed by atoms with Crippen molar-refractivity contribution in [2.24, 2.45) is 11.7 Å². The van der Waals surface area contributed by atoms with Gasteiger partial charge < -0.3 is 10.3 Å². The molecule has 4 nitrogen and oxygen atoms in total. The van der Waals surface area contributed by atoms with Crippen LogP contribution in [0.25, 0.3) is 11.3 Å². The van der Waals surface area contributed by atoms with Crippen LogP contribution in [0, 0.1) is 5.92 Å². The molecule has 4 heteroatoms. The van der Waals surface area contributed by atoms with E-state index in [1.165, 1.54) is 0 Å². The Kier molecular flexibility index (Phi) is 4.36. The van der Waals surface area contributed by atoms with Gasteiger partial charge in [-0.25, -0.2) is 0 Å². The van der Waals surface area contributed by atoms with E-state index in [0.717, 1.165) is 49.5 Å². The van der Waals surface area contributed by atoms with Gasteiger partial charge in [0, 0.05) is 37.3 Å². The summed E-state index contributed by atoms with van der Waals surface area (Å²) >= 11 is 0. The fourth-order valence-electron chi connectivity index (χ4n) is 3.06. The van der Waals surface area contributed by atoms with Crippen LogP contribution >= 0.6 is 0 Å². The third-order valence-electron chi connectivity index (χ3n) is 4.40. The zero-order valence-corrected chi connectivity index (χ0v) is 12.5. The van der Waals surface area contributed by atoms with Gasteiger partial charge in [-0.05, 0) is 12.3 Å². The lowest BCUT2D eigenvalue weighted by Crippen LogP contribution is -2.46. The third kappa shape index (κ3) is 3.34. The van der Waals surface area contributed by atoms with Gasteiger partial charge in [0.15, 0.2) is 5.76 Å². The second-order valence-electron chi connectivity index (χ2n) is 5.90. The van der Waals surface area contributed by atoms with Crippen LogP contribution < -0.4 is 5.73 Å². The second-order valence-corrected chi connectivity index (χ2v) is 5.90. The zero-order valence-electron chi connectivity index (χ0n) is 12.5. The molecule has 0 saturated carbocycles. The first-order chi connectivity index (χ1) is 10.3.